The maximum Gasteiger partial charge on any atom is 0.335 e. The number of rotatable bonds is 5. The molecule has 2 aromatic carbocycles. The number of benzene rings is 2. The van der Waals surface area contributed by atoms with E-state index in [2.05, 4.69) is 10.2 Å². The number of carboxylic acids is 1. The number of thioether (sulfide) groups is 1. The van der Waals surface area contributed by atoms with Crippen molar-refractivity contribution in [3.05, 3.63) is 65.7 Å². The number of azo groups is 1. The van der Waals surface area contributed by atoms with Crippen LogP contribution in [0.4, 0.5) is 5.69 Å². The van der Waals surface area contributed by atoms with E-state index < -0.39 is 23.0 Å². The van der Waals surface area contributed by atoms with Crippen LogP contribution >= 0.6 is 11.8 Å². The van der Waals surface area contributed by atoms with Crippen LogP contribution < -0.4 is 4.90 Å². The molecule has 1 heterocycles. The molecule has 3 rings (SSSR count). The average Bonchev–Trinajstić information content (AvgIpc) is 2.99. The molecule has 2 aromatic rings. The lowest BCUT2D eigenvalue weighted by Gasteiger charge is -2.15. The number of carbonyl (C=O) groups excluding carboxylic acids is 2. The number of hydrogen-bond donors (Lipinski definition) is 2. The van der Waals surface area contributed by atoms with Gasteiger partial charge in [-0.3, -0.25) is 15.0 Å². The average molecular weight is 410 g/mol. The number of nitrogens with one attached hydrogen (secondary N) is 1. The standard InChI is InChI=1S/C20H18N4O4S/c1-12(13-6-3-2-4-7-13)22-23-20(21)29-16-11-17(25)24(18(16)26)15-9-5-8-14(10-15)19(27)28/h2-10,12,16,21H,11H2,1H3,(H,27,28)/t12-,16+/m0/s1. The fourth-order valence-corrected chi connectivity index (χ4v) is 3.64. The van der Waals surface area contributed by atoms with Crippen LogP contribution in [0.3, 0.4) is 0 Å². The van der Waals surface area contributed by atoms with Crippen LogP contribution in [0.5, 0.6) is 0 Å². The van der Waals surface area contributed by atoms with Crippen molar-refractivity contribution in [2.24, 2.45) is 10.2 Å². The number of hydrogen-bond acceptors (Lipinski definition) is 6. The van der Waals surface area contributed by atoms with Gasteiger partial charge in [0.2, 0.25) is 17.0 Å². The third-order valence-electron chi connectivity index (χ3n) is 4.31. The van der Waals surface area contributed by atoms with Gasteiger partial charge in [0.25, 0.3) is 0 Å². The van der Waals surface area contributed by atoms with E-state index >= 15 is 0 Å². The van der Waals surface area contributed by atoms with Crippen molar-refractivity contribution < 1.29 is 19.5 Å². The molecule has 0 bridgehead atoms. The Labute approximate surface area is 171 Å². The van der Waals surface area contributed by atoms with Crippen LogP contribution in [-0.4, -0.2) is 33.3 Å². The van der Waals surface area contributed by atoms with Gasteiger partial charge in [0.1, 0.15) is 5.25 Å². The highest BCUT2D eigenvalue weighted by Crippen LogP contribution is 2.31. The van der Waals surface area contributed by atoms with Crippen LogP contribution in [-0.2, 0) is 9.59 Å². The number of amidine groups is 1. The van der Waals surface area contributed by atoms with Gasteiger partial charge in [0, 0.05) is 6.42 Å². The van der Waals surface area contributed by atoms with E-state index in [1.165, 1.54) is 24.3 Å². The van der Waals surface area contributed by atoms with E-state index in [0.717, 1.165) is 22.2 Å². The monoisotopic (exact) mass is 410 g/mol. The molecular weight excluding hydrogens is 392 g/mol. The van der Waals surface area contributed by atoms with Gasteiger partial charge in [0.15, 0.2) is 0 Å². The van der Waals surface area contributed by atoms with Crippen molar-refractivity contribution in [3.8, 4) is 0 Å². The third-order valence-corrected chi connectivity index (χ3v) is 5.27. The van der Waals surface area contributed by atoms with Gasteiger partial charge in [-0.2, -0.15) is 5.11 Å². The minimum absolute atomic E-state index is 0.0179. The normalized spacial score (nSPS) is 17.7. The highest BCUT2D eigenvalue weighted by Gasteiger charge is 2.40. The SMILES string of the molecule is C[C@H](N=NC(=N)S[C@@H]1CC(=O)N(c2cccc(C(=O)O)c2)C1=O)c1ccccc1. The maximum atomic E-state index is 12.7. The van der Waals surface area contributed by atoms with Gasteiger partial charge in [-0.1, -0.05) is 48.2 Å². The Hall–Kier alpha value is -3.33. The highest BCUT2D eigenvalue weighted by atomic mass is 32.2. The molecule has 2 amide bonds. The van der Waals surface area contributed by atoms with E-state index in [9.17, 15) is 14.4 Å². The molecule has 148 valence electrons. The first-order chi connectivity index (χ1) is 13.9. The number of amides is 2. The fraction of sp³-hybridized carbons (Fsp3) is 0.200. The molecule has 1 aliphatic heterocycles. The van der Waals surface area contributed by atoms with Gasteiger partial charge in [-0.05, 0) is 30.7 Å². The van der Waals surface area contributed by atoms with Gasteiger partial charge in [0.05, 0.1) is 17.3 Å². The van der Waals surface area contributed by atoms with E-state index in [1.54, 1.807) is 0 Å². The predicted molar refractivity (Wildman–Crippen MR) is 109 cm³/mol. The first kappa shape index (κ1) is 20.4. The van der Waals surface area contributed by atoms with Crippen molar-refractivity contribution in [2.45, 2.75) is 24.6 Å². The van der Waals surface area contributed by atoms with Gasteiger partial charge in [-0.15, -0.1) is 5.11 Å². The summed E-state index contributed by atoms with van der Waals surface area (Å²) in [5, 5.41) is 24.1. The second kappa shape index (κ2) is 8.78. The molecular formula is C20H18N4O4S. The van der Waals surface area contributed by atoms with Crippen LogP contribution in [0.2, 0.25) is 0 Å². The molecule has 1 aliphatic rings. The van der Waals surface area contributed by atoms with Crippen LogP contribution in [0, 0.1) is 5.41 Å². The molecule has 0 aromatic heterocycles. The number of nitrogens with zero attached hydrogens (tertiary/aromatic N) is 3. The maximum absolute atomic E-state index is 12.7. The summed E-state index contributed by atoms with van der Waals surface area (Å²) < 4.78 is 0. The zero-order chi connectivity index (χ0) is 21.0. The third kappa shape index (κ3) is 4.75. The summed E-state index contributed by atoms with van der Waals surface area (Å²) in [5.74, 6) is -2.09. The first-order valence-corrected chi connectivity index (χ1v) is 9.66. The van der Waals surface area contributed by atoms with Crippen LogP contribution in [0.15, 0.2) is 64.8 Å². The number of anilines is 1. The molecule has 1 saturated heterocycles. The van der Waals surface area contributed by atoms with Crippen LogP contribution in [0.25, 0.3) is 0 Å². The molecule has 2 N–H and O–H groups in total. The summed E-state index contributed by atoms with van der Waals surface area (Å²) in [6.07, 6.45) is -0.0903. The molecule has 1 fully saturated rings. The minimum atomic E-state index is -1.15. The lowest BCUT2D eigenvalue weighted by molar-refractivity contribution is -0.121. The summed E-state index contributed by atoms with van der Waals surface area (Å²) in [5.41, 5.74) is 1.13. The molecule has 0 unspecified atom stereocenters. The summed E-state index contributed by atoms with van der Waals surface area (Å²) >= 11 is 0.860. The smallest absolute Gasteiger partial charge is 0.335 e. The quantitative estimate of drug-likeness (QED) is 0.335. The highest BCUT2D eigenvalue weighted by molar-refractivity contribution is 8.14. The van der Waals surface area contributed by atoms with Gasteiger partial charge in [-0.25, -0.2) is 9.69 Å². The number of carboxylic acid groups (broad SMARTS) is 1. The van der Waals surface area contributed by atoms with Crippen molar-refractivity contribution >= 4 is 40.4 Å². The molecule has 29 heavy (non-hydrogen) atoms. The van der Waals surface area contributed by atoms with Gasteiger partial charge < -0.3 is 5.11 Å². The van der Waals surface area contributed by atoms with E-state index in [1.807, 2.05) is 37.3 Å². The summed E-state index contributed by atoms with van der Waals surface area (Å²) in [6, 6.07) is 14.9. The van der Waals surface area contributed by atoms with E-state index in [-0.39, 0.29) is 28.9 Å². The number of carbonyl (C=O) groups is 3. The Bertz CT molecular complexity index is 993. The largest absolute Gasteiger partial charge is 0.478 e. The number of aromatic carboxylic acids is 1. The van der Waals surface area contributed by atoms with Gasteiger partial charge >= 0.3 is 5.97 Å². The van der Waals surface area contributed by atoms with Crippen LogP contribution in [0.1, 0.15) is 35.3 Å². The minimum Gasteiger partial charge on any atom is -0.478 e. The Morgan fingerprint density at radius 2 is 1.93 bits per heavy atom. The molecule has 2 atom stereocenters. The summed E-state index contributed by atoms with van der Waals surface area (Å²) in [4.78, 5) is 37.1. The molecule has 0 spiro atoms. The molecule has 0 saturated carbocycles. The second-order valence-electron chi connectivity index (χ2n) is 6.34. The van der Waals surface area contributed by atoms with E-state index in [4.69, 9.17) is 10.5 Å². The Kier molecular flexibility index (Phi) is 6.18. The molecule has 9 heteroatoms. The Morgan fingerprint density at radius 1 is 1.21 bits per heavy atom. The fourth-order valence-electron chi connectivity index (χ4n) is 2.84. The lowest BCUT2D eigenvalue weighted by atomic mass is 10.1. The van der Waals surface area contributed by atoms with Crippen molar-refractivity contribution in [3.63, 3.8) is 0 Å². The summed E-state index contributed by atoms with van der Waals surface area (Å²) in [6.45, 7) is 1.85. The second-order valence-corrected chi connectivity index (χ2v) is 7.53. The molecule has 8 nitrogen and oxygen atoms in total. The van der Waals surface area contributed by atoms with Crippen molar-refractivity contribution in [2.75, 3.05) is 4.90 Å². The number of imide groups is 1. The lowest BCUT2D eigenvalue weighted by Crippen LogP contribution is -2.31. The molecule has 0 aliphatic carbocycles. The Morgan fingerprint density at radius 3 is 2.62 bits per heavy atom. The first-order valence-electron chi connectivity index (χ1n) is 8.78. The Balaban J connectivity index is 1.67. The van der Waals surface area contributed by atoms with Crippen molar-refractivity contribution in [1.82, 2.24) is 0 Å². The predicted octanol–water partition coefficient (Wildman–Crippen LogP) is 3.90. The van der Waals surface area contributed by atoms with E-state index in [0.29, 0.717) is 0 Å². The zero-order valence-electron chi connectivity index (χ0n) is 15.5. The molecule has 0 radical (unpaired) electrons. The topological polar surface area (TPSA) is 123 Å². The zero-order valence-corrected chi connectivity index (χ0v) is 16.3. The summed E-state index contributed by atoms with van der Waals surface area (Å²) in [7, 11) is 0. The van der Waals surface area contributed by atoms with Crippen molar-refractivity contribution in [1.29, 1.82) is 5.41 Å².